The van der Waals surface area contributed by atoms with E-state index in [4.69, 9.17) is 10.3 Å². The Kier molecular flexibility index (Phi) is 5.08. The molecule has 0 unspecified atom stereocenters. The number of benzene rings is 1. The highest BCUT2D eigenvalue weighted by molar-refractivity contribution is 8.14. The molecule has 3 nitrogen and oxygen atoms in total. The third-order valence-electron chi connectivity index (χ3n) is 4.06. The zero-order chi connectivity index (χ0) is 14.4. The molecule has 20 heavy (non-hydrogen) atoms. The molecule has 0 aliphatic carbocycles. The number of aliphatic imine (C=N–C) groups is 1. The van der Waals surface area contributed by atoms with Crippen LogP contribution in [-0.4, -0.2) is 17.5 Å². The molecule has 1 aliphatic rings. The van der Waals surface area contributed by atoms with Gasteiger partial charge in [-0.05, 0) is 36.0 Å². The first-order valence-corrected chi connectivity index (χ1v) is 8.10. The predicted molar refractivity (Wildman–Crippen MR) is 87.2 cm³/mol. The van der Waals surface area contributed by atoms with E-state index in [1.54, 1.807) is 0 Å². The summed E-state index contributed by atoms with van der Waals surface area (Å²) in [7, 11) is 0. The normalized spacial score (nSPS) is 17.1. The van der Waals surface area contributed by atoms with E-state index in [2.05, 4.69) is 25.2 Å². The fraction of sp³-hybridized carbons (Fsp3) is 0.500. The minimum atomic E-state index is 0.381. The second-order valence-electron chi connectivity index (χ2n) is 5.27. The van der Waals surface area contributed by atoms with Crippen molar-refractivity contribution in [2.24, 2.45) is 10.4 Å². The Morgan fingerprint density at radius 1 is 1.30 bits per heavy atom. The van der Waals surface area contributed by atoms with Gasteiger partial charge in [0.2, 0.25) is 0 Å². The Bertz CT molecular complexity index is 510. The topological polar surface area (TPSA) is 48.2 Å². The van der Waals surface area contributed by atoms with Crippen molar-refractivity contribution in [3.05, 3.63) is 29.8 Å². The van der Waals surface area contributed by atoms with Crippen LogP contribution < -0.4 is 5.32 Å². The van der Waals surface area contributed by atoms with Crippen LogP contribution in [-0.2, 0) is 6.42 Å². The maximum Gasteiger partial charge on any atom is 0.161 e. The van der Waals surface area contributed by atoms with Crippen molar-refractivity contribution in [3.8, 4) is 6.07 Å². The maximum absolute atomic E-state index is 8.66. The molecule has 1 aliphatic heterocycles. The van der Waals surface area contributed by atoms with Crippen LogP contribution in [0.25, 0.3) is 0 Å². The number of rotatable bonds is 4. The first-order valence-electron chi connectivity index (χ1n) is 7.11. The Labute approximate surface area is 125 Å². The van der Waals surface area contributed by atoms with Crippen LogP contribution in [0.4, 0.5) is 5.69 Å². The number of nitrogens with one attached hydrogen (secondary N) is 1. The Balaban J connectivity index is 1.98. The van der Waals surface area contributed by atoms with Crippen LogP contribution in [0.1, 0.15) is 32.3 Å². The highest BCUT2D eigenvalue weighted by atomic mass is 32.2. The number of anilines is 1. The van der Waals surface area contributed by atoms with Crippen molar-refractivity contribution < 1.29 is 0 Å². The summed E-state index contributed by atoms with van der Waals surface area (Å²) >= 11 is 1.82. The Hall–Kier alpha value is -1.47. The Morgan fingerprint density at radius 2 is 2.00 bits per heavy atom. The van der Waals surface area contributed by atoms with Crippen molar-refractivity contribution >= 4 is 22.6 Å². The monoisotopic (exact) mass is 287 g/mol. The van der Waals surface area contributed by atoms with Gasteiger partial charge in [-0.25, -0.2) is 0 Å². The number of nitrogens with zero attached hydrogens (tertiary/aromatic N) is 2. The number of thioether (sulfide) groups is 1. The first kappa shape index (κ1) is 14.9. The molecule has 0 bridgehead atoms. The molecule has 1 aromatic carbocycles. The van der Waals surface area contributed by atoms with Crippen LogP contribution in [0.2, 0.25) is 0 Å². The summed E-state index contributed by atoms with van der Waals surface area (Å²) in [4.78, 5) is 4.69. The van der Waals surface area contributed by atoms with E-state index in [0.717, 1.165) is 28.7 Å². The zero-order valence-electron chi connectivity index (χ0n) is 12.1. The quantitative estimate of drug-likeness (QED) is 0.908. The summed E-state index contributed by atoms with van der Waals surface area (Å²) in [5, 5.41) is 13.0. The summed E-state index contributed by atoms with van der Waals surface area (Å²) in [5.41, 5.74) is 2.47. The fourth-order valence-corrected chi connectivity index (χ4v) is 3.51. The third kappa shape index (κ3) is 3.55. The van der Waals surface area contributed by atoms with E-state index in [-0.39, 0.29) is 0 Å². The molecule has 2 rings (SSSR count). The molecule has 4 heteroatoms. The molecular formula is C16H21N3S. The van der Waals surface area contributed by atoms with Gasteiger partial charge < -0.3 is 5.32 Å². The molecule has 106 valence electrons. The SMILES string of the molecule is CCC1(CC)CN=C(Nc2ccc(CC#N)cc2)SC1. The van der Waals surface area contributed by atoms with E-state index < -0.39 is 0 Å². The molecule has 0 atom stereocenters. The van der Waals surface area contributed by atoms with Crippen LogP contribution in [0.15, 0.2) is 29.3 Å². The number of hydrogen-bond donors (Lipinski definition) is 1. The lowest BCUT2D eigenvalue weighted by molar-refractivity contribution is 0.318. The van der Waals surface area contributed by atoms with Crippen LogP contribution >= 0.6 is 11.8 Å². The zero-order valence-corrected chi connectivity index (χ0v) is 13.0. The lowest BCUT2D eigenvalue weighted by Gasteiger charge is -2.33. The standard InChI is InChI=1S/C16H21N3S/c1-3-16(4-2)11-18-15(20-12-16)19-14-7-5-13(6-8-14)9-10-17/h5-8H,3-4,9,11-12H2,1-2H3,(H,18,19). The first-order chi connectivity index (χ1) is 9.71. The van der Waals surface area contributed by atoms with Gasteiger partial charge in [0, 0.05) is 18.0 Å². The molecule has 0 spiro atoms. The van der Waals surface area contributed by atoms with Gasteiger partial charge in [0.05, 0.1) is 12.5 Å². The lowest BCUT2D eigenvalue weighted by Crippen LogP contribution is -2.32. The second kappa shape index (κ2) is 6.81. The van der Waals surface area contributed by atoms with Gasteiger partial charge in [-0.1, -0.05) is 37.7 Å². The number of hydrogen-bond acceptors (Lipinski definition) is 4. The van der Waals surface area contributed by atoms with Gasteiger partial charge in [0.15, 0.2) is 5.17 Å². The van der Waals surface area contributed by atoms with E-state index >= 15 is 0 Å². The van der Waals surface area contributed by atoms with Crippen LogP contribution in [0.5, 0.6) is 0 Å². The highest BCUT2D eigenvalue weighted by Crippen LogP contribution is 2.35. The van der Waals surface area contributed by atoms with Crippen molar-refractivity contribution in [1.29, 1.82) is 5.26 Å². The molecule has 0 aromatic heterocycles. The molecule has 1 heterocycles. The van der Waals surface area contributed by atoms with Gasteiger partial charge in [-0.2, -0.15) is 5.26 Å². The average molecular weight is 287 g/mol. The van der Waals surface area contributed by atoms with Gasteiger partial charge in [-0.15, -0.1) is 0 Å². The molecule has 0 saturated heterocycles. The van der Waals surface area contributed by atoms with Gasteiger partial charge >= 0.3 is 0 Å². The van der Waals surface area contributed by atoms with Gasteiger partial charge in [0.25, 0.3) is 0 Å². The van der Waals surface area contributed by atoms with Gasteiger partial charge in [0.1, 0.15) is 0 Å². The largest absolute Gasteiger partial charge is 0.335 e. The van der Waals surface area contributed by atoms with Crippen molar-refractivity contribution in [2.75, 3.05) is 17.6 Å². The second-order valence-corrected chi connectivity index (χ2v) is 6.24. The predicted octanol–water partition coefficient (Wildman–Crippen LogP) is 4.07. The van der Waals surface area contributed by atoms with E-state index in [9.17, 15) is 0 Å². The number of nitriles is 1. The molecule has 0 radical (unpaired) electrons. The highest BCUT2D eigenvalue weighted by Gasteiger charge is 2.30. The summed E-state index contributed by atoms with van der Waals surface area (Å²) in [6.45, 7) is 5.43. The summed E-state index contributed by atoms with van der Waals surface area (Å²) in [6, 6.07) is 10.2. The average Bonchev–Trinajstić information content (AvgIpc) is 2.51. The summed E-state index contributed by atoms with van der Waals surface area (Å²) in [6.07, 6.45) is 2.85. The van der Waals surface area contributed by atoms with Crippen molar-refractivity contribution in [3.63, 3.8) is 0 Å². The minimum absolute atomic E-state index is 0.381. The van der Waals surface area contributed by atoms with E-state index in [0.29, 0.717) is 11.8 Å². The van der Waals surface area contributed by atoms with Crippen molar-refractivity contribution in [2.45, 2.75) is 33.1 Å². The van der Waals surface area contributed by atoms with Crippen molar-refractivity contribution in [1.82, 2.24) is 0 Å². The number of amidine groups is 1. The summed E-state index contributed by atoms with van der Waals surface area (Å²) < 4.78 is 0. The molecule has 1 N–H and O–H groups in total. The van der Waals surface area contributed by atoms with E-state index in [1.165, 1.54) is 12.8 Å². The third-order valence-corrected chi connectivity index (χ3v) is 5.32. The molecule has 0 amide bonds. The molecule has 0 saturated carbocycles. The maximum atomic E-state index is 8.66. The van der Waals surface area contributed by atoms with Gasteiger partial charge in [-0.3, -0.25) is 4.99 Å². The van der Waals surface area contributed by atoms with Crippen LogP contribution in [0, 0.1) is 16.7 Å². The molecular weight excluding hydrogens is 266 g/mol. The smallest absolute Gasteiger partial charge is 0.161 e. The molecule has 1 aromatic rings. The fourth-order valence-electron chi connectivity index (χ4n) is 2.23. The Morgan fingerprint density at radius 3 is 2.50 bits per heavy atom. The summed E-state index contributed by atoms with van der Waals surface area (Å²) in [5.74, 6) is 1.14. The minimum Gasteiger partial charge on any atom is -0.335 e. The lowest BCUT2D eigenvalue weighted by atomic mass is 9.84. The molecule has 0 fully saturated rings. The van der Waals surface area contributed by atoms with E-state index in [1.807, 2.05) is 36.0 Å². The van der Waals surface area contributed by atoms with Crippen LogP contribution in [0.3, 0.4) is 0 Å².